The van der Waals surface area contributed by atoms with E-state index in [0.29, 0.717) is 19.3 Å². The quantitative estimate of drug-likeness (QED) is 0.412. The number of β-lactam (4-membered cyclic amide) rings is 1. The summed E-state index contributed by atoms with van der Waals surface area (Å²) in [7, 11) is 0. The molecule has 2 unspecified atom stereocenters. The Hall–Kier alpha value is -2.38. The number of aldehydes is 1. The number of carbonyl (C=O) groups excluding carboxylic acids is 4. The van der Waals surface area contributed by atoms with Gasteiger partial charge in [-0.2, -0.15) is 0 Å². The average Bonchev–Trinajstić information content (AvgIpc) is 2.86. The van der Waals surface area contributed by atoms with E-state index in [4.69, 9.17) is 9.47 Å². The fraction of sp³-hybridized carbons (Fsp3) is 0.684. The maximum absolute atomic E-state index is 12.8. The van der Waals surface area contributed by atoms with Crippen molar-refractivity contribution in [3.05, 3.63) is 11.3 Å². The highest BCUT2D eigenvalue weighted by molar-refractivity contribution is 6.05. The van der Waals surface area contributed by atoms with E-state index in [1.807, 2.05) is 0 Å². The Morgan fingerprint density at radius 1 is 1.07 bits per heavy atom. The fourth-order valence-corrected chi connectivity index (χ4v) is 3.90. The number of nitrogens with zero attached hydrogens (tertiary/aromatic N) is 2. The van der Waals surface area contributed by atoms with Crippen molar-refractivity contribution in [1.82, 2.24) is 9.80 Å². The minimum Gasteiger partial charge on any atom is -0.455 e. The highest BCUT2D eigenvalue weighted by atomic mass is 16.6. The molecule has 3 heterocycles. The van der Waals surface area contributed by atoms with Gasteiger partial charge in [-0.3, -0.25) is 19.4 Å². The lowest BCUT2D eigenvalue weighted by Crippen LogP contribution is -2.69. The molecule has 0 aromatic carbocycles. The van der Waals surface area contributed by atoms with E-state index in [2.05, 4.69) is 0 Å². The number of amides is 2. The summed E-state index contributed by atoms with van der Waals surface area (Å²) in [5.74, 6) is -1.18. The largest absolute Gasteiger partial charge is 0.455 e. The third-order valence-electron chi connectivity index (χ3n) is 4.75. The van der Waals surface area contributed by atoms with E-state index in [0.717, 1.165) is 0 Å². The van der Waals surface area contributed by atoms with Crippen molar-refractivity contribution in [2.24, 2.45) is 5.92 Å². The Morgan fingerprint density at radius 2 is 1.67 bits per heavy atom. The van der Waals surface area contributed by atoms with Gasteiger partial charge in [0.25, 0.3) is 5.91 Å². The standard InChI is InChI=1S/C19H26N2O6/c1-18(2,3)26-16(24)13-11(9-22)7-10-8-20(17(25)27-19(4,5)6)14-12(10)21(13)15(14)23/h9-10,12,14H,7-8H2,1-6H3/t10?,12-,14?/m1/s1. The molecule has 2 saturated heterocycles. The number of allylic oxidation sites excluding steroid dienone is 1. The van der Waals surface area contributed by atoms with Gasteiger partial charge in [0.1, 0.15) is 29.2 Å². The first-order valence-corrected chi connectivity index (χ1v) is 9.08. The highest BCUT2D eigenvalue weighted by Gasteiger charge is 2.64. The van der Waals surface area contributed by atoms with Gasteiger partial charge in [0.2, 0.25) is 0 Å². The molecule has 0 aromatic heterocycles. The summed E-state index contributed by atoms with van der Waals surface area (Å²) in [5.41, 5.74) is -1.18. The zero-order valence-electron chi connectivity index (χ0n) is 16.6. The van der Waals surface area contributed by atoms with E-state index in [-0.39, 0.29) is 29.1 Å². The first kappa shape index (κ1) is 19.4. The number of rotatable bonds is 2. The zero-order chi connectivity index (χ0) is 20.3. The Bertz CT molecular complexity index is 742. The van der Waals surface area contributed by atoms with Gasteiger partial charge in [-0.25, -0.2) is 9.59 Å². The summed E-state index contributed by atoms with van der Waals surface area (Å²) in [6.07, 6.45) is 0.371. The second kappa shape index (κ2) is 6.07. The molecule has 3 aliphatic heterocycles. The van der Waals surface area contributed by atoms with Crippen LogP contribution in [0.3, 0.4) is 0 Å². The van der Waals surface area contributed by atoms with E-state index >= 15 is 0 Å². The molecule has 0 bridgehead atoms. The highest BCUT2D eigenvalue weighted by Crippen LogP contribution is 2.47. The van der Waals surface area contributed by atoms with Crippen molar-refractivity contribution in [3.63, 3.8) is 0 Å². The molecule has 0 radical (unpaired) electrons. The van der Waals surface area contributed by atoms with Crippen molar-refractivity contribution in [1.29, 1.82) is 0 Å². The maximum atomic E-state index is 12.8. The second-order valence-corrected chi connectivity index (χ2v) is 9.23. The summed E-state index contributed by atoms with van der Waals surface area (Å²) in [6.45, 7) is 10.8. The van der Waals surface area contributed by atoms with Crippen LogP contribution in [0.5, 0.6) is 0 Å². The van der Waals surface area contributed by atoms with E-state index in [1.54, 1.807) is 41.5 Å². The van der Waals surface area contributed by atoms with Gasteiger partial charge in [0, 0.05) is 18.0 Å². The molecule has 0 aliphatic carbocycles. The van der Waals surface area contributed by atoms with Crippen LogP contribution < -0.4 is 0 Å². The monoisotopic (exact) mass is 378 g/mol. The van der Waals surface area contributed by atoms with Gasteiger partial charge in [-0.1, -0.05) is 0 Å². The van der Waals surface area contributed by atoms with Crippen LogP contribution in [0, 0.1) is 5.92 Å². The fourth-order valence-electron chi connectivity index (χ4n) is 3.90. The molecule has 0 spiro atoms. The molecule has 3 rings (SSSR count). The Morgan fingerprint density at radius 3 is 2.19 bits per heavy atom. The van der Waals surface area contributed by atoms with E-state index in [9.17, 15) is 19.2 Å². The number of esters is 1. The molecule has 8 heteroatoms. The van der Waals surface area contributed by atoms with Gasteiger partial charge in [-0.05, 0) is 48.0 Å². The smallest absolute Gasteiger partial charge is 0.411 e. The van der Waals surface area contributed by atoms with Crippen LogP contribution >= 0.6 is 0 Å². The third-order valence-corrected chi connectivity index (χ3v) is 4.75. The molecule has 3 atom stereocenters. The van der Waals surface area contributed by atoms with Crippen molar-refractivity contribution >= 4 is 24.3 Å². The van der Waals surface area contributed by atoms with E-state index in [1.165, 1.54) is 9.80 Å². The number of ether oxygens (including phenoxy) is 2. The summed E-state index contributed by atoms with van der Waals surface area (Å²) in [4.78, 5) is 52.3. The van der Waals surface area contributed by atoms with E-state index < -0.39 is 29.3 Å². The molecule has 27 heavy (non-hydrogen) atoms. The van der Waals surface area contributed by atoms with Crippen molar-refractivity contribution in [3.8, 4) is 0 Å². The van der Waals surface area contributed by atoms with Gasteiger partial charge in [-0.15, -0.1) is 0 Å². The predicted octanol–water partition coefficient (Wildman–Crippen LogP) is 1.63. The summed E-state index contributed by atoms with van der Waals surface area (Å²) >= 11 is 0. The lowest BCUT2D eigenvalue weighted by atomic mass is 9.79. The minimum absolute atomic E-state index is 0.00784. The number of carbonyl (C=O) groups is 4. The number of hydrogen-bond acceptors (Lipinski definition) is 6. The summed E-state index contributed by atoms with van der Waals surface area (Å²) in [6, 6.07) is -0.980. The molecular weight excluding hydrogens is 352 g/mol. The first-order chi connectivity index (χ1) is 12.3. The molecular formula is C19H26N2O6. The molecule has 0 aromatic rings. The first-order valence-electron chi connectivity index (χ1n) is 9.08. The van der Waals surface area contributed by atoms with Gasteiger partial charge < -0.3 is 9.47 Å². The minimum atomic E-state index is -0.750. The third kappa shape index (κ3) is 3.33. The van der Waals surface area contributed by atoms with Crippen LogP contribution in [0.25, 0.3) is 0 Å². The lowest BCUT2D eigenvalue weighted by molar-refractivity contribution is -0.163. The predicted molar refractivity (Wildman–Crippen MR) is 94.4 cm³/mol. The van der Waals surface area contributed by atoms with Crippen LogP contribution in [0.2, 0.25) is 0 Å². The van der Waals surface area contributed by atoms with Crippen molar-refractivity contribution in [2.45, 2.75) is 71.2 Å². The van der Waals surface area contributed by atoms with Crippen LogP contribution in [-0.2, 0) is 23.9 Å². The summed E-state index contributed by atoms with van der Waals surface area (Å²) < 4.78 is 10.8. The van der Waals surface area contributed by atoms with Crippen LogP contribution in [-0.4, -0.2) is 63.9 Å². The molecule has 2 amide bonds. The molecule has 0 N–H and O–H groups in total. The molecule has 3 aliphatic rings. The van der Waals surface area contributed by atoms with Crippen LogP contribution in [0.15, 0.2) is 11.3 Å². The Balaban J connectivity index is 1.87. The maximum Gasteiger partial charge on any atom is 0.411 e. The normalized spacial score (nSPS) is 27.2. The zero-order valence-corrected chi connectivity index (χ0v) is 16.6. The van der Waals surface area contributed by atoms with Gasteiger partial charge in [0.05, 0.1) is 6.04 Å². The van der Waals surface area contributed by atoms with Gasteiger partial charge >= 0.3 is 12.1 Å². The SMILES string of the molecule is CC(C)(C)OC(=O)C1=C(C=O)CC2CN(C(=O)OC(C)(C)C)C3C(=O)N1[C@H]23. The Kier molecular flexibility index (Phi) is 4.36. The summed E-state index contributed by atoms with van der Waals surface area (Å²) in [5, 5.41) is 0. The van der Waals surface area contributed by atoms with Crippen molar-refractivity contribution < 1.29 is 28.7 Å². The molecule has 0 saturated carbocycles. The van der Waals surface area contributed by atoms with Gasteiger partial charge in [0.15, 0.2) is 0 Å². The number of hydrogen-bond donors (Lipinski definition) is 0. The topological polar surface area (TPSA) is 93.2 Å². The van der Waals surface area contributed by atoms with Crippen molar-refractivity contribution in [2.75, 3.05) is 6.54 Å². The van der Waals surface area contributed by atoms with Crippen LogP contribution in [0.1, 0.15) is 48.0 Å². The van der Waals surface area contributed by atoms with Crippen LogP contribution in [0.4, 0.5) is 4.79 Å². The second-order valence-electron chi connectivity index (χ2n) is 9.23. The Labute approximate surface area is 158 Å². The molecule has 8 nitrogen and oxygen atoms in total. The molecule has 2 fully saturated rings. The number of likely N-dealkylation sites (tertiary alicyclic amines) is 1. The lowest BCUT2D eigenvalue weighted by Gasteiger charge is -2.49. The average molecular weight is 378 g/mol. The molecule has 148 valence electrons.